The lowest BCUT2D eigenvalue weighted by molar-refractivity contribution is -0.138. The molecule has 0 heterocycles. The third-order valence-electron chi connectivity index (χ3n) is 2.40. The Labute approximate surface area is 103 Å². The number of amides is 1. The summed E-state index contributed by atoms with van der Waals surface area (Å²) in [6, 6.07) is 0.142. The maximum Gasteiger partial charge on any atom is 0.317 e. The molecule has 0 radical (unpaired) electrons. The SMILES string of the molecule is CC(C)CCC(C)NC(=O)CN(C)CC(=O)O. The van der Waals surface area contributed by atoms with E-state index in [1.165, 1.54) is 4.90 Å². The van der Waals surface area contributed by atoms with E-state index >= 15 is 0 Å². The first kappa shape index (κ1) is 15.9. The number of likely N-dealkylation sites (N-methyl/N-ethyl adjacent to an activating group) is 1. The summed E-state index contributed by atoms with van der Waals surface area (Å²) < 4.78 is 0. The predicted octanol–water partition coefficient (Wildman–Crippen LogP) is 0.944. The summed E-state index contributed by atoms with van der Waals surface area (Å²) >= 11 is 0. The van der Waals surface area contributed by atoms with E-state index in [0.717, 1.165) is 12.8 Å². The Kier molecular flexibility index (Phi) is 7.54. The maximum atomic E-state index is 11.5. The Morgan fingerprint density at radius 3 is 2.24 bits per heavy atom. The molecule has 0 fully saturated rings. The van der Waals surface area contributed by atoms with Crippen LogP contribution >= 0.6 is 0 Å². The molecule has 1 atom stereocenters. The van der Waals surface area contributed by atoms with Crippen molar-refractivity contribution in [2.75, 3.05) is 20.1 Å². The fraction of sp³-hybridized carbons (Fsp3) is 0.833. The van der Waals surface area contributed by atoms with Crippen LogP contribution in [0.15, 0.2) is 0 Å². The second-order valence-electron chi connectivity index (χ2n) is 5.01. The Hall–Kier alpha value is -1.10. The van der Waals surface area contributed by atoms with Gasteiger partial charge in [0.15, 0.2) is 0 Å². The number of nitrogens with zero attached hydrogens (tertiary/aromatic N) is 1. The molecule has 0 bridgehead atoms. The minimum atomic E-state index is -0.923. The molecule has 0 aliphatic heterocycles. The lowest BCUT2D eigenvalue weighted by Crippen LogP contribution is -2.41. The van der Waals surface area contributed by atoms with Crippen molar-refractivity contribution >= 4 is 11.9 Å². The molecule has 2 N–H and O–H groups in total. The first-order valence-electron chi connectivity index (χ1n) is 6.01. The van der Waals surface area contributed by atoms with Gasteiger partial charge >= 0.3 is 5.97 Å². The van der Waals surface area contributed by atoms with E-state index in [0.29, 0.717) is 5.92 Å². The number of carboxylic acid groups (broad SMARTS) is 1. The summed E-state index contributed by atoms with van der Waals surface area (Å²) in [4.78, 5) is 23.4. The molecular weight excluding hydrogens is 220 g/mol. The summed E-state index contributed by atoms with van der Waals surface area (Å²) in [6.07, 6.45) is 2.03. The lowest BCUT2D eigenvalue weighted by atomic mass is 10.0. The van der Waals surface area contributed by atoms with Gasteiger partial charge in [-0.05, 0) is 32.7 Å². The number of carboxylic acids is 1. The Bertz CT molecular complexity index is 254. The van der Waals surface area contributed by atoms with Crippen molar-refractivity contribution in [3.05, 3.63) is 0 Å². The maximum absolute atomic E-state index is 11.5. The van der Waals surface area contributed by atoms with Gasteiger partial charge < -0.3 is 10.4 Å². The zero-order chi connectivity index (χ0) is 13.4. The third-order valence-corrected chi connectivity index (χ3v) is 2.40. The van der Waals surface area contributed by atoms with E-state index in [2.05, 4.69) is 19.2 Å². The van der Waals surface area contributed by atoms with Crippen LogP contribution in [0.4, 0.5) is 0 Å². The minimum absolute atomic E-state index is 0.117. The van der Waals surface area contributed by atoms with Crippen molar-refractivity contribution in [1.29, 1.82) is 0 Å². The number of aliphatic carboxylic acids is 1. The minimum Gasteiger partial charge on any atom is -0.480 e. The highest BCUT2D eigenvalue weighted by Gasteiger charge is 2.12. The van der Waals surface area contributed by atoms with Gasteiger partial charge in [0, 0.05) is 6.04 Å². The smallest absolute Gasteiger partial charge is 0.317 e. The van der Waals surface area contributed by atoms with Gasteiger partial charge in [0.05, 0.1) is 13.1 Å². The van der Waals surface area contributed by atoms with Crippen LogP contribution in [-0.4, -0.2) is 48.1 Å². The monoisotopic (exact) mass is 244 g/mol. The van der Waals surface area contributed by atoms with Gasteiger partial charge in [-0.25, -0.2) is 0 Å². The Morgan fingerprint density at radius 1 is 1.18 bits per heavy atom. The molecule has 0 rings (SSSR count). The summed E-state index contributed by atoms with van der Waals surface area (Å²) in [5.41, 5.74) is 0. The molecule has 0 aromatic heterocycles. The van der Waals surface area contributed by atoms with Crippen LogP contribution in [0.1, 0.15) is 33.6 Å². The molecule has 0 aliphatic rings. The summed E-state index contributed by atoms with van der Waals surface area (Å²) in [7, 11) is 1.62. The van der Waals surface area contributed by atoms with Crippen LogP contribution in [0.25, 0.3) is 0 Å². The van der Waals surface area contributed by atoms with Crippen LogP contribution < -0.4 is 5.32 Å². The van der Waals surface area contributed by atoms with Crippen molar-refractivity contribution in [1.82, 2.24) is 10.2 Å². The molecule has 1 amide bonds. The average Bonchev–Trinajstić information content (AvgIpc) is 2.12. The summed E-state index contributed by atoms with van der Waals surface area (Å²) in [6.45, 7) is 6.27. The number of hydrogen-bond donors (Lipinski definition) is 2. The van der Waals surface area contributed by atoms with E-state index in [4.69, 9.17) is 5.11 Å². The number of hydrogen-bond acceptors (Lipinski definition) is 3. The normalized spacial score (nSPS) is 12.8. The summed E-state index contributed by atoms with van der Waals surface area (Å²) in [5, 5.41) is 11.4. The van der Waals surface area contributed by atoms with Crippen LogP contribution in [0.5, 0.6) is 0 Å². The van der Waals surface area contributed by atoms with Crippen LogP contribution in [0, 0.1) is 5.92 Å². The number of carbonyl (C=O) groups is 2. The topological polar surface area (TPSA) is 69.6 Å². The highest BCUT2D eigenvalue weighted by atomic mass is 16.4. The fourth-order valence-electron chi connectivity index (χ4n) is 1.51. The standard InChI is InChI=1S/C12H24N2O3/c1-9(2)5-6-10(3)13-11(15)7-14(4)8-12(16)17/h9-10H,5-8H2,1-4H3,(H,13,15)(H,16,17). The van der Waals surface area contributed by atoms with Crippen LogP contribution in [0.3, 0.4) is 0 Å². The molecule has 0 saturated heterocycles. The summed E-state index contributed by atoms with van der Waals surface area (Å²) in [5.74, 6) is -0.415. The molecule has 0 aliphatic carbocycles. The molecule has 5 heteroatoms. The first-order valence-corrected chi connectivity index (χ1v) is 6.01. The van der Waals surface area contributed by atoms with E-state index in [1.54, 1.807) is 7.05 Å². The van der Waals surface area contributed by atoms with E-state index in [-0.39, 0.29) is 25.0 Å². The lowest BCUT2D eigenvalue weighted by Gasteiger charge is -2.18. The second-order valence-corrected chi connectivity index (χ2v) is 5.01. The molecule has 0 saturated carbocycles. The molecule has 0 aromatic rings. The second kappa shape index (κ2) is 8.06. The van der Waals surface area contributed by atoms with Gasteiger partial charge in [0.1, 0.15) is 0 Å². The number of rotatable bonds is 8. The molecule has 17 heavy (non-hydrogen) atoms. The zero-order valence-electron chi connectivity index (χ0n) is 11.2. The van der Waals surface area contributed by atoms with Crippen molar-refractivity contribution in [2.24, 2.45) is 5.92 Å². The number of nitrogens with one attached hydrogen (secondary N) is 1. The van der Waals surface area contributed by atoms with Gasteiger partial charge in [-0.1, -0.05) is 13.8 Å². The van der Waals surface area contributed by atoms with Crippen molar-refractivity contribution in [2.45, 2.75) is 39.7 Å². The quantitative estimate of drug-likeness (QED) is 0.667. The predicted molar refractivity (Wildman–Crippen MR) is 66.8 cm³/mol. The van der Waals surface area contributed by atoms with Gasteiger partial charge in [0.2, 0.25) is 5.91 Å². The van der Waals surface area contributed by atoms with Gasteiger partial charge in [-0.2, -0.15) is 0 Å². The van der Waals surface area contributed by atoms with Crippen molar-refractivity contribution < 1.29 is 14.7 Å². The zero-order valence-corrected chi connectivity index (χ0v) is 11.2. The fourth-order valence-corrected chi connectivity index (χ4v) is 1.51. The van der Waals surface area contributed by atoms with Gasteiger partial charge in [-0.3, -0.25) is 14.5 Å². The Balaban J connectivity index is 3.80. The molecule has 0 aromatic carbocycles. The van der Waals surface area contributed by atoms with Crippen LogP contribution in [-0.2, 0) is 9.59 Å². The van der Waals surface area contributed by atoms with E-state index in [1.807, 2.05) is 6.92 Å². The highest BCUT2D eigenvalue weighted by molar-refractivity contribution is 5.79. The highest BCUT2D eigenvalue weighted by Crippen LogP contribution is 2.06. The first-order chi connectivity index (χ1) is 7.81. The van der Waals surface area contributed by atoms with Gasteiger partial charge in [-0.15, -0.1) is 0 Å². The van der Waals surface area contributed by atoms with Crippen molar-refractivity contribution in [3.8, 4) is 0 Å². The van der Waals surface area contributed by atoms with Gasteiger partial charge in [0.25, 0.3) is 0 Å². The van der Waals surface area contributed by atoms with Crippen LogP contribution in [0.2, 0.25) is 0 Å². The molecular formula is C12H24N2O3. The largest absolute Gasteiger partial charge is 0.480 e. The third kappa shape index (κ3) is 9.81. The molecule has 5 nitrogen and oxygen atoms in total. The molecule has 0 spiro atoms. The Morgan fingerprint density at radius 2 is 1.76 bits per heavy atom. The van der Waals surface area contributed by atoms with E-state index < -0.39 is 5.97 Å². The average molecular weight is 244 g/mol. The number of carbonyl (C=O) groups excluding carboxylic acids is 1. The molecule has 1 unspecified atom stereocenters. The van der Waals surface area contributed by atoms with E-state index in [9.17, 15) is 9.59 Å². The van der Waals surface area contributed by atoms with Crippen molar-refractivity contribution in [3.63, 3.8) is 0 Å². The molecule has 100 valence electrons.